The van der Waals surface area contributed by atoms with Crippen LogP contribution in [0.3, 0.4) is 0 Å². The first-order chi connectivity index (χ1) is 25.3. The molecular formula is C38H50F5N5O6. The highest BCUT2D eigenvalue weighted by molar-refractivity contribution is 5.81. The van der Waals surface area contributed by atoms with E-state index in [9.17, 15) is 36.3 Å². The van der Waals surface area contributed by atoms with Gasteiger partial charge in [0.25, 0.3) is 0 Å². The number of carbonyl (C=O) groups is 4. The second-order valence-electron chi connectivity index (χ2n) is 13.4. The van der Waals surface area contributed by atoms with Crippen molar-refractivity contribution >= 4 is 23.7 Å². The Balaban J connectivity index is 0.00000131. The van der Waals surface area contributed by atoms with E-state index >= 15 is 0 Å². The van der Waals surface area contributed by atoms with Crippen molar-refractivity contribution in [2.45, 2.75) is 78.7 Å². The number of carbonyl (C=O) groups excluding carboxylic acids is 3. The minimum absolute atomic E-state index is 0.0533. The van der Waals surface area contributed by atoms with Gasteiger partial charge in [-0.25, -0.2) is 13.6 Å². The Labute approximate surface area is 312 Å². The summed E-state index contributed by atoms with van der Waals surface area (Å²) in [5.74, 6) is -4.38. The smallest absolute Gasteiger partial charge is 0.475 e. The summed E-state index contributed by atoms with van der Waals surface area (Å²) in [6.07, 6.45) is -2.44. The molecule has 3 amide bonds. The summed E-state index contributed by atoms with van der Waals surface area (Å²) in [4.78, 5) is 48.3. The summed E-state index contributed by atoms with van der Waals surface area (Å²) in [5.41, 5.74) is 8.19. The van der Waals surface area contributed by atoms with Crippen LogP contribution in [0.15, 0.2) is 60.8 Å². The molecule has 0 saturated carbocycles. The van der Waals surface area contributed by atoms with E-state index in [4.69, 9.17) is 20.4 Å². The summed E-state index contributed by atoms with van der Waals surface area (Å²) in [5, 5.41) is 12.6. The van der Waals surface area contributed by atoms with E-state index in [0.717, 1.165) is 23.4 Å². The first kappa shape index (κ1) is 45.3. The van der Waals surface area contributed by atoms with Crippen molar-refractivity contribution in [2.75, 3.05) is 32.8 Å². The van der Waals surface area contributed by atoms with Gasteiger partial charge < -0.3 is 35.7 Å². The maximum Gasteiger partial charge on any atom is 0.490 e. The van der Waals surface area contributed by atoms with Crippen molar-refractivity contribution in [1.29, 1.82) is 0 Å². The van der Waals surface area contributed by atoms with Gasteiger partial charge >= 0.3 is 12.1 Å². The normalized spacial score (nSPS) is 12.6. The van der Waals surface area contributed by atoms with Crippen LogP contribution in [0.5, 0.6) is 0 Å². The lowest BCUT2D eigenvalue weighted by atomic mass is 9.82. The lowest BCUT2D eigenvalue weighted by Gasteiger charge is -2.41. The van der Waals surface area contributed by atoms with Gasteiger partial charge in [-0.15, -0.1) is 0 Å². The highest BCUT2D eigenvalue weighted by atomic mass is 19.4. The van der Waals surface area contributed by atoms with Gasteiger partial charge in [-0.2, -0.15) is 13.2 Å². The van der Waals surface area contributed by atoms with E-state index in [1.807, 2.05) is 61.7 Å². The molecule has 2 atom stereocenters. The molecule has 2 aromatic carbocycles. The van der Waals surface area contributed by atoms with Gasteiger partial charge in [-0.05, 0) is 41.7 Å². The third-order valence-electron chi connectivity index (χ3n) is 8.10. The lowest BCUT2D eigenvalue weighted by Crippen LogP contribution is -2.47. The van der Waals surface area contributed by atoms with Gasteiger partial charge in [0.05, 0.1) is 25.3 Å². The molecule has 3 aromatic rings. The van der Waals surface area contributed by atoms with Gasteiger partial charge in [0.1, 0.15) is 11.6 Å². The molecule has 16 heteroatoms. The van der Waals surface area contributed by atoms with Crippen molar-refractivity contribution < 1.29 is 51.0 Å². The molecule has 0 aliphatic heterocycles. The molecule has 5 N–H and O–H groups in total. The molecule has 0 saturated heterocycles. The number of benzene rings is 2. The standard InChI is InChI=1S/C36H49F2N5O4.C2HF3O2/c1-6-32(44)40-16-19-47-20-17-41-35(46)30(39)15-18-43(33(45)7-2)34(36(3,4)5)31-21-26(28-22-27(37)13-14-29(28)38)24-42(31)23-25-11-9-8-10-12-25;3-2(4,5)1(6)7/h8-14,21-22,24,30,34H,6-7,15-20,23,39H2,1-5H3,(H,40,44)(H,41,46);(H,6,7). The minimum atomic E-state index is -5.08. The lowest BCUT2D eigenvalue weighted by molar-refractivity contribution is -0.192. The number of alkyl halides is 3. The molecule has 0 aliphatic rings. The summed E-state index contributed by atoms with van der Waals surface area (Å²) in [6, 6.07) is 13.6. The maximum absolute atomic E-state index is 15.0. The van der Waals surface area contributed by atoms with E-state index in [-0.39, 0.29) is 55.8 Å². The SMILES string of the molecule is CCC(=O)NCCOCCNC(=O)C(N)CCN(C(=O)CC)C(c1cc(-c2cc(F)ccc2F)cn1Cc1ccccc1)C(C)(C)C.O=C(O)C(F)(F)F. The molecule has 0 bridgehead atoms. The first-order valence-electron chi connectivity index (χ1n) is 17.5. The molecule has 3 rings (SSSR count). The highest BCUT2D eigenvalue weighted by Crippen LogP contribution is 2.41. The molecule has 1 aromatic heterocycles. The van der Waals surface area contributed by atoms with Gasteiger partial charge in [0.15, 0.2) is 0 Å². The third-order valence-corrected chi connectivity index (χ3v) is 8.10. The van der Waals surface area contributed by atoms with E-state index < -0.39 is 41.3 Å². The van der Waals surface area contributed by atoms with Gasteiger partial charge in [0, 0.05) is 62.0 Å². The Kier molecular flexibility index (Phi) is 17.8. The van der Waals surface area contributed by atoms with E-state index in [1.54, 1.807) is 24.9 Å². The molecule has 11 nitrogen and oxygen atoms in total. The van der Waals surface area contributed by atoms with Crippen molar-refractivity contribution in [3.8, 4) is 11.1 Å². The van der Waals surface area contributed by atoms with Gasteiger partial charge in [-0.3, -0.25) is 14.4 Å². The van der Waals surface area contributed by atoms with E-state index in [1.165, 1.54) is 6.07 Å². The Bertz CT molecular complexity index is 1680. The quantitative estimate of drug-likeness (QED) is 0.0998. The second kappa shape index (κ2) is 21.2. The van der Waals surface area contributed by atoms with Crippen molar-refractivity contribution in [2.24, 2.45) is 11.1 Å². The van der Waals surface area contributed by atoms with Crippen LogP contribution in [0, 0.1) is 17.0 Å². The van der Waals surface area contributed by atoms with Crippen LogP contribution in [0.4, 0.5) is 22.0 Å². The summed E-state index contributed by atoms with van der Waals surface area (Å²) >= 11 is 0. The maximum atomic E-state index is 15.0. The zero-order chi connectivity index (χ0) is 40.6. The highest BCUT2D eigenvalue weighted by Gasteiger charge is 2.38. The van der Waals surface area contributed by atoms with Gasteiger partial charge in [0.2, 0.25) is 17.7 Å². The third kappa shape index (κ3) is 14.5. The van der Waals surface area contributed by atoms with E-state index in [2.05, 4.69) is 10.6 Å². The van der Waals surface area contributed by atoms with Crippen LogP contribution in [0.2, 0.25) is 0 Å². The number of carboxylic acids is 1. The molecule has 298 valence electrons. The van der Waals surface area contributed by atoms with Crippen LogP contribution < -0.4 is 16.4 Å². The molecular weight excluding hydrogens is 717 g/mol. The minimum Gasteiger partial charge on any atom is -0.475 e. The summed E-state index contributed by atoms with van der Waals surface area (Å²) in [6.45, 7) is 11.5. The number of ether oxygens (including phenoxy) is 1. The van der Waals surface area contributed by atoms with Crippen LogP contribution in [0.25, 0.3) is 11.1 Å². The zero-order valence-electron chi connectivity index (χ0n) is 31.1. The summed E-state index contributed by atoms with van der Waals surface area (Å²) in [7, 11) is 0. The molecule has 0 fully saturated rings. The molecule has 1 heterocycles. The molecule has 54 heavy (non-hydrogen) atoms. The fourth-order valence-electron chi connectivity index (χ4n) is 5.49. The average molecular weight is 768 g/mol. The van der Waals surface area contributed by atoms with Crippen LogP contribution in [-0.2, 0) is 30.5 Å². The number of hydrogen-bond donors (Lipinski definition) is 4. The number of halogens is 5. The fraction of sp³-hybridized carbons (Fsp3) is 0.474. The average Bonchev–Trinajstić information content (AvgIpc) is 3.51. The predicted octanol–water partition coefficient (Wildman–Crippen LogP) is 5.82. The van der Waals surface area contributed by atoms with Gasteiger partial charge in [-0.1, -0.05) is 65.0 Å². The van der Waals surface area contributed by atoms with Crippen LogP contribution >= 0.6 is 0 Å². The first-order valence-corrected chi connectivity index (χ1v) is 17.5. The summed E-state index contributed by atoms with van der Waals surface area (Å²) < 4.78 is 68.4. The number of nitrogens with zero attached hydrogens (tertiary/aromatic N) is 2. The predicted molar refractivity (Wildman–Crippen MR) is 193 cm³/mol. The number of carboxylic acid groups (broad SMARTS) is 1. The number of aliphatic carboxylic acids is 1. The Morgan fingerprint density at radius 1 is 0.926 bits per heavy atom. The van der Waals surface area contributed by atoms with Crippen LogP contribution in [-0.4, -0.2) is 83.3 Å². The number of aromatic nitrogens is 1. The monoisotopic (exact) mass is 767 g/mol. The fourth-order valence-corrected chi connectivity index (χ4v) is 5.49. The second-order valence-corrected chi connectivity index (χ2v) is 13.4. The number of nitrogens with two attached hydrogens (primary N) is 1. The molecule has 0 radical (unpaired) electrons. The molecule has 0 aliphatic carbocycles. The molecule has 0 spiro atoms. The largest absolute Gasteiger partial charge is 0.490 e. The number of nitrogens with one attached hydrogen (secondary N) is 2. The topological polar surface area (TPSA) is 156 Å². The van der Waals surface area contributed by atoms with Crippen LogP contribution in [0.1, 0.15) is 71.2 Å². The Morgan fingerprint density at radius 3 is 2.09 bits per heavy atom. The Morgan fingerprint density at radius 2 is 1.54 bits per heavy atom. The Hall–Kier alpha value is -4.83. The number of hydrogen-bond acceptors (Lipinski definition) is 6. The van der Waals surface area contributed by atoms with E-state index in [0.29, 0.717) is 31.7 Å². The number of rotatable bonds is 17. The van der Waals surface area contributed by atoms with Crippen molar-refractivity contribution in [3.63, 3.8) is 0 Å². The number of amides is 3. The molecule has 2 unspecified atom stereocenters. The zero-order valence-corrected chi connectivity index (χ0v) is 31.1. The van der Waals surface area contributed by atoms with Crippen molar-refractivity contribution in [1.82, 2.24) is 20.1 Å². The van der Waals surface area contributed by atoms with Crippen molar-refractivity contribution in [3.05, 3.63) is 83.7 Å².